The zero-order valence-electron chi connectivity index (χ0n) is 15.8. The summed E-state index contributed by atoms with van der Waals surface area (Å²) in [7, 11) is 0. The normalized spacial score (nSPS) is 16.0. The molecule has 1 heterocycles. The number of carbonyl (C=O) groups excluding carboxylic acids is 1. The second-order valence-electron chi connectivity index (χ2n) is 6.80. The molecule has 0 unspecified atom stereocenters. The predicted molar refractivity (Wildman–Crippen MR) is 101 cm³/mol. The molecule has 1 amide bonds. The van der Waals surface area contributed by atoms with Crippen LogP contribution < -0.4 is 0 Å². The molecule has 4 nitrogen and oxygen atoms in total. The molecule has 0 aliphatic carbocycles. The number of hydrogen-bond acceptors (Lipinski definition) is 4. The summed E-state index contributed by atoms with van der Waals surface area (Å²) in [4.78, 5) is 17.6. The Morgan fingerprint density at radius 2 is 1.89 bits per heavy atom. The van der Waals surface area contributed by atoms with E-state index in [1.54, 1.807) is 11.8 Å². The molecule has 1 aromatic carbocycles. The minimum Gasteiger partial charge on any atom is -0.372 e. The van der Waals surface area contributed by atoms with Gasteiger partial charge in [-0.1, -0.05) is 17.7 Å². The van der Waals surface area contributed by atoms with Crippen LogP contribution in [0.3, 0.4) is 0 Å². The molecule has 1 aromatic rings. The molecule has 0 N–H and O–H groups in total. The van der Waals surface area contributed by atoms with Gasteiger partial charge in [-0.05, 0) is 31.9 Å². The van der Waals surface area contributed by atoms with Crippen LogP contribution in [0.15, 0.2) is 23.1 Å². The fraction of sp³-hybridized carbons (Fsp3) is 0.632. The molecule has 27 heavy (non-hydrogen) atoms. The summed E-state index contributed by atoms with van der Waals surface area (Å²) in [5.41, 5.74) is 2.36. The smallest absolute Gasteiger partial charge is 0.372 e. The van der Waals surface area contributed by atoms with Crippen molar-refractivity contribution in [2.75, 3.05) is 51.7 Å². The van der Waals surface area contributed by atoms with Crippen molar-refractivity contribution in [1.82, 2.24) is 9.80 Å². The van der Waals surface area contributed by atoms with Crippen LogP contribution in [0.25, 0.3) is 0 Å². The Balaban J connectivity index is 1.63. The lowest BCUT2D eigenvalue weighted by Gasteiger charge is -2.34. The topological polar surface area (TPSA) is 32.8 Å². The molecule has 0 saturated carbocycles. The number of ether oxygens (including phenoxy) is 1. The number of benzene rings is 1. The molecule has 0 spiro atoms. The first-order valence-corrected chi connectivity index (χ1v) is 10.1. The van der Waals surface area contributed by atoms with Gasteiger partial charge in [0.2, 0.25) is 5.91 Å². The maximum atomic E-state index is 12.4. The number of hydrogen-bond donors (Lipinski definition) is 0. The van der Waals surface area contributed by atoms with Crippen LogP contribution >= 0.6 is 11.8 Å². The van der Waals surface area contributed by atoms with Crippen molar-refractivity contribution in [2.24, 2.45) is 0 Å². The van der Waals surface area contributed by atoms with Crippen LogP contribution in [0.4, 0.5) is 13.2 Å². The summed E-state index contributed by atoms with van der Waals surface area (Å²) in [5.74, 6) is 0.560. The molecule has 0 radical (unpaired) electrons. The second-order valence-corrected chi connectivity index (χ2v) is 7.82. The van der Waals surface area contributed by atoms with Crippen molar-refractivity contribution in [1.29, 1.82) is 0 Å². The van der Waals surface area contributed by atoms with Crippen molar-refractivity contribution in [3.05, 3.63) is 29.3 Å². The Morgan fingerprint density at radius 1 is 1.19 bits per heavy atom. The Morgan fingerprint density at radius 3 is 2.56 bits per heavy atom. The van der Waals surface area contributed by atoms with Gasteiger partial charge in [0.05, 0.1) is 5.75 Å². The third-order valence-electron chi connectivity index (χ3n) is 4.45. The van der Waals surface area contributed by atoms with Crippen LogP contribution in [0.1, 0.15) is 17.5 Å². The third kappa shape index (κ3) is 8.11. The van der Waals surface area contributed by atoms with E-state index in [2.05, 4.69) is 27.8 Å². The molecule has 1 aliphatic heterocycles. The zero-order valence-corrected chi connectivity index (χ0v) is 16.7. The minimum atomic E-state index is -4.26. The Hall–Kier alpha value is -1.25. The highest BCUT2D eigenvalue weighted by atomic mass is 32.2. The minimum absolute atomic E-state index is 0.102. The number of thioether (sulfide) groups is 1. The number of piperazine rings is 1. The molecular formula is C19H27F3N2O2S. The summed E-state index contributed by atoms with van der Waals surface area (Å²) in [6, 6.07) is 6.24. The molecule has 0 aromatic heterocycles. The van der Waals surface area contributed by atoms with E-state index >= 15 is 0 Å². The fourth-order valence-electron chi connectivity index (χ4n) is 2.89. The molecule has 1 saturated heterocycles. The van der Waals surface area contributed by atoms with Crippen LogP contribution in [0.2, 0.25) is 0 Å². The Bertz CT molecular complexity index is 617. The van der Waals surface area contributed by atoms with E-state index in [-0.39, 0.29) is 12.5 Å². The molecule has 152 valence electrons. The lowest BCUT2D eigenvalue weighted by molar-refractivity contribution is -0.174. The maximum absolute atomic E-state index is 12.4. The summed E-state index contributed by atoms with van der Waals surface area (Å²) in [6.07, 6.45) is -3.70. The van der Waals surface area contributed by atoms with Crippen molar-refractivity contribution in [2.45, 2.75) is 31.3 Å². The zero-order chi connectivity index (χ0) is 19.9. The SMILES string of the molecule is Cc1ccc(C)c(SCC(=O)N2CCN(CCCOCC(F)(F)F)CC2)c1. The maximum Gasteiger partial charge on any atom is 0.411 e. The van der Waals surface area contributed by atoms with Crippen LogP contribution in [-0.4, -0.2) is 73.6 Å². The highest BCUT2D eigenvalue weighted by molar-refractivity contribution is 8.00. The van der Waals surface area contributed by atoms with Crippen LogP contribution in [0.5, 0.6) is 0 Å². The number of amides is 1. The molecule has 0 atom stereocenters. The summed E-state index contributed by atoms with van der Waals surface area (Å²) in [5, 5.41) is 0. The molecular weight excluding hydrogens is 377 g/mol. The van der Waals surface area contributed by atoms with E-state index in [0.717, 1.165) is 18.0 Å². The van der Waals surface area contributed by atoms with Crippen LogP contribution in [0, 0.1) is 13.8 Å². The molecule has 1 fully saturated rings. The first-order valence-electron chi connectivity index (χ1n) is 9.09. The van der Waals surface area contributed by atoms with Gasteiger partial charge in [0, 0.05) is 44.2 Å². The van der Waals surface area contributed by atoms with Gasteiger partial charge >= 0.3 is 6.18 Å². The monoisotopic (exact) mass is 404 g/mol. The van der Waals surface area contributed by atoms with Gasteiger partial charge in [0.1, 0.15) is 6.61 Å². The number of nitrogens with zero attached hydrogens (tertiary/aromatic N) is 2. The second kappa shape index (κ2) is 10.3. The van der Waals surface area contributed by atoms with Gasteiger partial charge in [-0.15, -0.1) is 11.8 Å². The highest BCUT2D eigenvalue weighted by Gasteiger charge is 2.27. The van der Waals surface area contributed by atoms with Gasteiger partial charge in [0.25, 0.3) is 0 Å². The summed E-state index contributed by atoms with van der Waals surface area (Å²) in [6.45, 7) is 6.52. The number of halogens is 3. The number of aryl methyl sites for hydroxylation is 2. The molecule has 1 aliphatic rings. The molecule has 8 heteroatoms. The summed E-state index contributed by atoms with van der Waals surface area (Å²) >= 11 is 1.57. The quantitative estimate of drug-likeness (QED) is 0.490. The average Bonchev–Trinajstić information content (AvgIpc) is 2.61. The van der Waals surface area contributed by atoms with E-state index in [0.29, 0.717) is 31.8 Å². The Kier molecular flexibility index (Phi) is 8.44. The van der Waals surface area contributed by atoms with Crippen molar-refractivity contribution in [3.63, 3.8) is 0 Å². The van der Waals surface area contributed by atoms with E-state index in [9.17, 15) is 18.0 Å². The van der Waals surface area contributed by atoms with Crippen molar-refractivity contribution >= 4 is 17.7 Å². The average molecular weight is 404 g/mol. The molecule has 0 bridgehead atoms. The first kappa shape index (κ1) is 22.0. The van der Waals surface area contributed by atoms with E-state index in [1.165, 1.54) is 11.1 Å². The standard InChI is InChI=1S/C19H27F3N2O2S/c1-15-4-5-16(2)17(12-15)27-13-18(25)24-9-7-23(8-10-24)6-3-11-26-14-19(20,21)22/h4-5,12H,3,6-11,13-14H2,1-2H3. The van der Waals surface area contributed by atoms with Crippen LogP contribution in [-0.2, 0) is 9.53 Å². The van der Waals surface area contributed by atoms with E-state index < -0.39 is 12.8 Å². The lowest BCUT2D eigenvalue weighted by Crippen LogP contribution is -2.49. The largest absolute Gasteiger partial charge is 0.411 e. The number of carbonyl (C=O) groups is 1. The Labute approximate surface area is 163 Å². The van der Waals surface area contributed by atoms with E-state index in [4.69, 9.17) is 0 Å². The third-order valence-corrected chi connectivity index (χ3v) is 5.59. The molecule has 2 rings (SSSR count). The van der Waals surface area contributed by atoms with Crippen molar-refractivity contribution < 1.29 is 22.7 Å². The van der Waals surface area contributed by atoms with E-state index in [1.807, 2.05) is 18.7 Å². The number of rotatable bonds is 8. The van der Waals surface area contributed by atoms with Gasteiger partial charge in [-0.25, -0.2) is 0 Å². The van der Waals surface area contributed by atoms with Gasteiger partial charge in [-0.2, -0.15) is 13.2 Å². The van der Waals surface area contributed by atoms with Crippen molar-refractivity contribution in [3.8, 4) is 0 Å². The van der Waals surface area contributed by atoms with Gasteiger partial charge in [0.15, 0.2) is 0 Å². The van der Waals surface area contributed by atoms with Gasteiger partial charge < -0.3 is 9.64 Å². The highest BCUT2D eigenvalue weighted by Crippen LogP contribution is 2.24. The first-order chi connectivity index (χ1) is 12.7. The summed E-state index contributed by atoms with van der Waals surface area (Å²) < 4.78 is 40.6. The lowest BCUT2D eigenvalue weighted by atomic mass is 10.2. The number of alkyl halides is 3. The predicted octanol–water partition coefficient (Wildman–Crippen LogP) is 3.51. The fourth-order valence-corrected chi connectivity index (χ4v) is 3.92. The van der Waals surface area contributed by atoms with Gasteiger partial charge in [-0.3, -0.25) is 9.69 Å².